The Balaban J connectivity index is 2.53. The Morgan fingerprint density at radius 2 is 1.50 bits per heavy atom. The van der Waals surface area contributed by atoms with Gasteiger partial charge in [-0.15, -0.1) is 0 Å². The van der Waals surface area contributed by atoms with Crippen LogP contribution < -0.4 is 0 Å². The lowest BCUT2D eigenvalue weighted by Gasteiger charge is -2.21. The van der Waals surface area contributed by atoms with Crippen molar-refractivity contribution in [1.29, 1.82) is 0 Å². The number of hydrogen-bond donors (Lipinski definition) is 2. The summed E-state index contributed by atoms with van der Waals surface area (Å²) in [5.74, 6) is -1.44. The van der Waals surface area contributed by atoms with Gasteiger partial charge in [-0.05, 0) is 37.5 Å². The highest BCUT2D eigenvalue weighted by Gasteiger charge is 2.33. The number of aliphatic carboxylic acids is 1. The molecule has 4 nitrogen and oxygen atoms in total. The van der Waals surface area contributed by atoms with Gasteiger partial charge in [-0.25, -0.2) is 4.79 Å². The third-order valence-corrected chi connectivity index (χ3v) is 3.77. The number of carboxylic acid groups (broad SMARTS) is 1. The van der Waals surface area contributed by atoms with E-state index < -0.39 is 11.6 Å². The highest BCUT2D eigenvalue weighted by atomic mass is 16.4. The Hall–Kier alpha value is -2.46. The first-order valence-electron chi connectivity index (χ1n) is 6.92. The second-order valence-electron chi connectivity index (χ2n) is 5.56. The molecule has 0 aliphatic heterocycles. The molecule has 4 heteroatoms. The van der Waals surface area contributed by atoms with Crippen LogP contribution in [-0.4, -0.2) is 22.0 Å². The van der Waals surface area contributed by atoms with Crippen molar-refractivity contribution in [2.45, 2.75) is 26.4 Å². The second kappa shape index (κ2) is 5.73. The standard InChI is InChI=1S/C18H18O4/c1-11-9-14(18(3,22)17(20)21)10-12(2)15(11)16(19)13-7-5-4-6-8-13/h4-10,22H,1-3H3,(H,20,21). The molecule has 0 amide bonds. The van der Waals surface area contributed by atoms with Gasteiger partial charge in [0.15, 0.2) is 11.4 Å². The molecule has 2 aromatic carbocycles. The van der Waals surface area contributed by atoms with Crippen molar-refractivity contribution in [1.82, 2.24) is 0 Å². The number of aliphatic hydroxyl groups is 1. The Morgan fingerprint density at radius 3 is 1.95 bits per heavy atom. The predicted octanol–water partition coefficient (Wildman–Crippen LogP) is 2.83. The third-order valence-electron chi connectivity index (χ3n) is 3.77. The number of benzene rings is 2. The quantitative estimate of drug-likeness (QED) is 0.851. The minimum absolute atomic E-state index is 0.114. The Kier molecular flexibility index (Phi) is 4.15. The second-order valence-corrected chi connectivity index (χ2v) is 5.56. The molecule has 1 unspecified atom stereocenters. The molecule has 0 aliphatic carbocycles. The van der Waals surface area contributed by atoms with E-state index in [1.54, 1.807) is 50.2 Å². The maximum atomic E-state index is 12.6. The fourth-order valence-electron chi connectivity index (χ4n) is 2.46. The first-order chi connectivity index (χ1) is 10.2. The highest BCUT2D eigenvalue weighted by Crippen LogP contribution is 2.27. The predicted molar refractivity (Wildman–Crippen MR) is 83.0 cm³/mol. The average molecular weight is 298 g/mol. The molecular formula is C18H18O4. The maximum Gasteiger partial charge on any atom is 0.340 e. The van der Waals surface area contributed by atoms with Gasteiger partial charge in [0.25, 0.3) is 0 Å². The van der Waals surface area contributed by atoms with Gasteiger partial charge in [-0.3, -0.25) is 4.79 Å². The van der Waals surface area contributed by atoms with E-state index in [9.17, 15) is 14.7 Å². The van der Waals surface area contributed by atoms with Crippen molar-refractivity contribution in [3.05, 3.63) is 70.3 Å². The van der Waals surface area contributed by atoms with Crippen LogP contribution in [-0.2, 0) is 10.4 Å². The molecule has 2 N–H and O–H groups in total. The fourth-order valence-corrected chi connectivity index (χ4v) is 2.46. The van der Waals surface area contributed by atoms with E-state index in [-0.39, 0.29) is 11.3 Å². The van der Waals surface area contributed by atoms with Crippen molar-refractivity contribution in [2.24, 2.45) is 0 Å². The van der Waals surface area contributed by atoms with E-state index in [0.29, 0.717) is 22.3 Å². The molecule has 1 atom stereocenters. The van der Waals surface area contributed by atoms with Crippen molar-refractivity contribution in [2.75, 3.05) is 0 Å². The van der Waals surface area contributed by atoms with Gasteiger partial charge in [-0.1, -0.05) is 42.5 Å². The number of hydrogen-bond acceptors (Lipinski definition) is 3. The fraction of sp³-hybridized carbons (Fsp3) is 0.222. The summed E-state index contributed by atoms with van der Waals surface area (Å²) in [5, 5.41) is 19.2. The number of carboxylic acids is 1. The smallest absolute Gasteiger partial charge is 0.340 e. The molecule has 0 bridgehead atoms. The minimum atomic E-state index is -1.98. The molecule has 0 aliphatic rings. The van der Waals surface area contributed by atoms with Gasteiger partial charge < -0.3 is 10.2 Å². The lowest BCUT2D eigenvalue weighted by molar-refractivity contribution is -0.157. The Morgan fingerprint density at radius 1 is 1.00 bits per heavy atom. The van der Waals surface area contributed by atoms with Gasteiger partial charge >= 0.3 is 5.97 Å². The molecule has 2 aromatic rings. The SMILES string of the molecule is Cc1cc(C(C)(O)C(=O)O)cc(C)c1C(=O)c1ccccc1. The maximum absolute atomic E-state index is 12.6. The lowest BCUT2D eigenvalue weighted by Crippen LogP contribution is -2.32. The van der Waals surface area contributed by atoms with Crippen LogP contribution >= 0.6 is 0 Å². The van der Waals surface area contributed by atoms with Crippen molar-refractivity contribution in [3.8, 4) is 0 Å². The summed E-state index contributed by atoms with van der Waals surface area (Å²) in [4.78, 5) is 23.8. The summed E-state index contributed by atoms with van der Waals surface area (Å²) in [5.41, 5.74) is 0.682. The average Bonchev–Trinajstić information content (AvgIpc) is 2.47. The molecule has 0 radical (unpaired) electrons. The van der Waals surface area contributed by atoms with Crippen LogP contribution in [0.4, 0.5) is 0 Å². The molecule has 0 spiro atoms. The third kappa shape index (κ3) is 2.78. The van der Waals surface area contributed by atoms with Crippen molar-refractivity contribution >= 4 is 11.8 Å². The van der Waals surface area contributed by atoms with E-state index in [2.05, 4.69) is 0 Å². The van der Waals surface area contributed by atoms with E-state index in [1.807, 2.05) is 6.07 Å². The zero-order valence-corrected chi connectivity index (χ0v) is 12.8. The molecule has 114 valence electrons. The Bertz CT molecular complexity index is 707. The first kappa shape index (κ1) is 15.9. The summed E-state index contributed by atoms with van der Waals surface area (Å²) in [7, 11) is 0. The number of carbonyl (C=O) groups is 2. The van der Waals surface area contributed by atoms with Crippen molar-refractivity contribution < 1.29 is 19.8 Å². The van der Waals surface area contributed by atoms with Crippen LogP contribution in [0.3, 0.4) is 0 Å². The number of ketones is 1. The topological polar surface area (TPSA) is 74.6 Å². The number of rotatable bonds is 4. The first-order valence-corrected chi connectivity index (χ1v) is 6.92. The summed E-state index contributed by atoms with van der Waals surface area (Å²) < 4.78 is 0. The van der Waals surface area contributed by atoms with Crippen LogP contribution in [0.15, 0.2) is 42.5 Å². The van der Waals surface area contributed by atoms with Crippen LogP contribution in [0.25, 0.3) is 0 Å². The normalized spacial score (nSPS) is 13.5. The van der Waals surface area contributed by atoms with Gasteiger partial charge in [0, 0.05) is 11.1 Å². The van der Waals surface area contributed by atoms with E-state index >= 15 is 0 Å². The van der Waals surface area contributed by atoms with Crippen molar-refractivity contribution in [3.63, 3.8) is 0 Å². The number of aryl methyl sites for hydroxylation is 2. The lowest BCUT2D eigenvalue weighted by atomic mass is 9.87. The zero-order valence-electron chi connectivity index (χ0n) is 12.8. The Labute approximate surface area is 129 Å². The zero-order chi connectivity index (χ0) is 16.5. The van der Waals surface area contributed by atoms with Gasteiger partial charge in [0.2, 0.25) is 0 Å². The van der Waals surface area contributed by atoms with Crippen LogP contribution in [0.1, 0.15) is 39.5 Å². The van der Waals surface area contributed by atoms with Gasteiger partial charge in [0.1, 0.15) is 0 Å². The summed E-state index contributed by atoms with van der Waals surface area (Å²) in [6.07, 6.45) is 0. The van der Waals surface area contributed by atoms with Gasteiger partial charge in [-0.2, -0.15) is 0 Å². The number of carbonyl (C=O) groups excluding carboxylic acids is 1. The monoisotopic (exact) mass is 298 g/mol. The molecule has 22 heavy (non-hydrogen) atoms. The van der Waals surface area contributed by atoms with E-state index in [4.69, 9.17) is 5.11 Å². The molecule has 0 aromatic heterocycles. The minimum Gasteiger partial charge on any atom is -0.479 e. The molecule has 2 rings (SSSR count). The summed E-state index contributed by atoms with van der Waals surface area (Å²) in [6, 6.07) is 12.0. The van der Waals surface area contributed by atoms with Gasteiger partial charge in [0.05, 0.1) is 0 Å². The summed E-state index contributed by atoms with van der Waals surface area (Å²) in [6.45, 7) is 4.71. The molecule has 0 saturated heterocycles. The van der Waals surface area contributed by atoms with Crippen LogP contribution in [0.2, 0.25) is 0 Å². The summed E-state index contributed by atoms with van der Waals surface area (Å²) >= 11 is 0. The molecule has 0 fully saturated rings. The molecule has 0 heterocycles. The molecule has 0 saturated carbocycles. The van der Waals surface area contributed by atoms with E-state index in [1.165, 1.54) is 6.92 Å². The molecular weight excluding hydrogens is 280 g/mol. The van der Waals surface area contributed by atoms with E-state index in [0.717, 1.165) is 0 Å². The van der Waals surface area contributed by atoms with Crippen LogP contribution in [0.5, 0.6) is 0 Å². The highest BCUT2D eigenvalue weighted by molar-refractivity contribution is 6.10. The largest absolute Gasteiger partial charge is 0.479 e. The van der Waals surface area contributed by atoms with Crippen LogP contribution in [0, 0.1) is 13.8 Å².